The molecule has 1 aliphatic rings. The summed E-state index contributed by atoms with van der Waals surface area (Å²) in [6.45, 7) is 16.1. The number of thiophene rings is 1. The van der Waals surface area contributed by atoms with Gasteiger partial charge in [-0.15, -0.1) is 11.3 Å². The largest absolute Gasteiger partial charge is 0.370 e. The molecule has 2 aromatic heterocycles. The minimum atomic E-state index is -0.126. The first-order valence-corrected chi connectivity index (χ1v) is 11.9. The number of quaternary nitrogens is 1. The first-order valence-electron chi connectivity index (χ1n) is 10.1. The lowest BCUT2D eigenvalue weighted by molar-refractivity contribution is -0.894. The van der Waals surface area contributed by atoms with Crippen LogP contribution in [0.3, 0.4) is 0 Å². The highest BCUT2D eigenvalue weighted by Crippen LogP contribution is 2.41. The molecule has 3 rings (SSSR count). The number of hydrogen-bond donors (Lipinski definition) is 2. The van der Waals surface area contributed by atoms with Crippen molar-refractivity contribution in [1.82, 2.24) is 9.97 Å². The van der Waals surface area contributed by atoms with Gasteiger partial charge in [-0.2, -0.15) is 0 Å². The van der Waals surface area contributed by atoms with Crippen LogP contribution in [0.4, 0.5) is 5.82 Å². The highest BCUT2D eigenvalue weighted by molar-refractivity contribution is 7.99. The van der Waals surface area contributed by atoms with E-state index in [1.807, 2.05) is 0 Å². The molecule has 0 unspecified atom stereocenters. The Balaban J connectivity index is 1.93. The Morgan fingerprint density at radius 1 is 1.22 bits per heavy atom. The number of fused-ring (bicyclic) bond motifs is 3. The molecule has 150 valence electrons. The molecule has 0 saturated carbocycles. The third-order valence-corrected chi connectivity index (χ3v) is 7.27. The van der Waals surface area contributed by atoms with Gasteiger partial charge in [0.25, 0.3) is 0 Å². The fourth-order valence-electron chi connectivity index (χ4n) is 3.47. The lowest BCUT2D eigenvalue weighted by atomic mass is 9.94. The molecule has 0 atom stereocenters. The van der Waals surface area contributed by atoms with Crippen LogP contribution in [-0.2, 0) is 17.8 Å². The van der Waals surface area contributed by atoms with Gasteiger partial charge >= 0.3 is 0 Å². The summed E-state index contributed by atoms with van der Waals surface area (Å²) in [6.07, 6.45) is 2.05. The SMILES string of the molecule is CCCSc1nc(NCC[NH+](CC)CC)c2c3c(sc2n1)COC(C)(C)C3. The summed E-state index contributed by atoms with van der Waals surface area (Å²) in [5, 5.41) is 5.76. The van der Waals surface area contributed by atoms with Crippen LogP contribution >= 0.6 is 23.1 Å². The fourth-order valence-corrected chi connectivity index (χ4v) is 5.33. The van der Waals surface area contributed by atoms with E-state index >= 15 is 0 Å². The van der Waals surface area contributed by atoms with Gasteiger partial charge in [-0.3, -0.25) is 0 Å². The maximum Gasteiger partial charge on any atom is 0.190 e. The van der Waals surface area contributed by atoms with Crippen molar-refractivity contribution in [3.63, 3.8) is 0 Å². The minimum absolute atomic E-state index is 0.126. The summed E-state index contributed by atoms with van der Waals surface area (Å²) in [4.78, 5) is 13.8. The number of ether oxygens (including phenoxy) is 1. The maximum atomic E-state index is 6.03. The molecule has 27 heavy (non-hydrogen) atoms. The predicted octanol–water partition coefficient (Wildman–Crippen LogP) is 3.38. The van der Waals surface area contributed by atoms with E-state index in [4.69, 9.17) is 14.7 Å². The first kappa shape index (κ1) is 20.8. The Bertz CT molecular complexity index is 771. The molecular formula is C20H33N4OS2+. The third kappa shape index (κ3) is 4.94. The van der Waals surface area contributed by atoms with E-state index < -0.39 is 0 Å². The van der Waals surface area contributed by atoms with E-state index in [-0.39, 0.29) is 5.60 Å². The van der Waals surface area contributed by atoms with Crippen LogP contribution < -0.4 is 10.2 Å². The number of likely N-dealkylation sites (N-methyl/N-ethyl adjacent to an activating group) is 1. The second kappa shape index (κ2) is 9.07. The predicted molar refractivity (Wildman–Crippen MR) is 116 cm³/mol. The van der Waals surface area contributed by atoms with E-state index in [0.29, 0.717) is 6.61 Å². The molecular weight excluding hydrogens is 376 g/mol. The molecule has 2 aromatic rings. The van der Waals surface area contributed by atoms with Crippen molar-refractivity contribution in [3.05, 3.63) is 10.4 Å². The summed E-state index contributed by atoms with van der Waals surface area (Å²) in [5.74, 6) is 2.07. The standard InChI is InChI=1S/C20H32N4OS2/c1-6-11-26-19-22-17(21-9-10-24(7-2)8-3)16-14-12-20(4,5)25-13-15(14)27-18(16)23-19/h6-13H2,1-5H3,(H,21,22,23)/p+1. The van der Waals surface area contributed by atoms with Gasteiger partial charge in [0, 0.05) is 17.1 Å². The van der Waals surface area contributed by atoms with Gasteiger partial charge in [-0.05, 0) is 39.7 Å². The van der Waals surface area contributed by atoms with E-state index in [2.05, 4.69) is 39.9 Å². The lowest BCUT2D eigenvalue weighted by Gasteiger charge is -2.30. The molecule has 1 aliphatic heterocycles. The number of nitrogens with one attached hydrogen (secondary N) is 2. The highest BCUT2D eigenvalue weighted by atomic mass is 32.2. The normalized spacial score (nSPS) is 16.1. The van der Waals surface area contributed by atoms with Crippen molar-refractivity contribution in [2.24, 2.45) is 0 Å². The van der Waals surface area contributed by atoms with E-state index in [0.717, 1.165) is 60.6 Å². The second-order valence-corrected chi connectivity index (χ2v) is 9.89. The number of rotatable bonds is 9. The van der Waals surface area contributed by atoms with Gasteiger partial charge in [-0.25, -0.2) is 9.97 Å². The van der Waals surface area contributed by atoms with Crippen LogP contribution in [-0.4, -0.2) is 47.5 Å². The molecule has 2 N–H and O–H groups in total. The third-order valence-electron chi connectivity index (χ3n) is 5.12. The Morgan fingerprint density at radius 3 is 2.70 bits per heavy atom. The Kier molecular flexibility index (Phi) is 7.00. The van der Waals surface area contributed by atoms with Crippen molar-refractivity contribution in [2.75, 3.05) is 37.2 Å². The molecule has 0 aromatic carbocycles. The van der Waals surface area contributed by atoms with Crippen molar-refractivity contribution < 1.29 is 9.64 Å². The van der Waals surface area contributed by atoms with E-state index in [1.54, 1.807) is 28.0 Å². The summed E-state index contributed by atoms with van der Waals surface area (Å²) in [5.41, 5.74) is 1.26. The van der Waals surface area contributed by atoms with Gasteiger partial charge in [-0.1, -0.05) is 18.7 Å². The molecule has 0 spiro atoms. The van der Waals surface area contributed by atoms with Crippen LogP contribution in [0.2, 0.25) is 0 Å². The maximum absolute atomic E-state index is 6.03. The van der Waals surface area contributed by atoms with Gasteiger partial charge < -0.3 is 15.0 Å². The van der Waals surface area contributed by atoms with Gasteiger partial charge in [0.05, 0.1) is 43.8 Å². The zero-order valence-corrected chi connectivity index (χ0v) is 18.9. The molecule has 5 nitrogen and oxygen atoms in total. The van der Waals surface area contributed by atoms with Crippen LogP contribution in [0.1, 0.15) is 51.5 Å². The van der Waals surface area contributed by atoms with E-state index in [9.17, 15) is 0 Å². The number of nitrogens with zero attached hydrogens (tertiary/aromatic N) is 2. The number of aromatic nitrogens is 2. The molecule has 0 aliphatic carbocycles. The molecule has 0 amide bonds. The van der Waals surface area contributed by atoms with Crippen molar-refractivity contribution in [3.8, 4) is 0 Å². The van der Waals surface area contributed by atoms with E-state index in [1.165, 1.54) is 15.8 Å². The van der Waals surface area contributed by atoms with Crippen molar-refractivity contribution in [1.29, 1.82) is 0 Å². The average molecular weight is 410 g/mol. The van der Waals surface area contributed by atoms with Crippen LogP contribution in [0.5, 0.6) is 0 Å². The van der Waals surface area contributed by atoms with Gasteiger partial charge in [0.1, 0.15) is 10.6 Å². The average Bonchev–Trinajstić information content (AvgIpc) is 3.00. The monoisotopic (exact) mass is 409 g/mol. The second-order valence-electron chi connectivity index (χ2n) is 7.75. The summed E-state index contributed by atoms with van der Waals surface area (Å²) in [6, 6.07) is 0. The smallest absolute Gasteiger partial charge is 0.190 e. The van der Waals surface area contributed by atoms with Crippen LogP contribution in [0.25, 0.3) is 10.2 Å². The summed E-state index contributed by atoms with van der Waals surface area (Å²) in [7, 11) is 0. The van der Waals surface area contributed by atoms with Crippen molar-refractivity contribution in [2.45, 2.75) is 64.8 Å². The van der Waals surface area contributed by atoms with Crippen LogP contribution in [0, 0.1) is 0 Å². The topological polar surface area (TPSA) is 51.5 Å². The Hall–Kier alpha value is -0.890. The zero-order chi connectivity index (χ0) is 19.4. The molecule has 7 heteroatoms. The lowest BCUT2D eigenvalue weighted by Crippen LogP contribution is -3.12. The first-order chi connectivity index (χ1) is 13.0. The number of thioether (sulfide) groups is 1. The molecule has 0 fully saturated rings. The number of hydrogen-bond acceptors (Lipinski definition) is 6. The molecule has 0 saturated heterocycles. The quantitative estimate of drug-likeness (QED) is 0.491. The molecule has 0 radical (unpaired) electrons. The summed E-state index contributed by atoms with van der Waals surface area (Å²) < 4.78 is 6.03. The zero-order valence-electron chi connectivity index (χ0n) is 17.3. The van der Waals surface area contributed by atoms with Crippen molar-refractivity contribution >= 4 is 39.1 Å². The number of anilines is 1. The molecule has 0 bridgehead atoms. The molecule has 3 heterocycles. The van der Waals surface area contributed by atoms with Gasteiger partial charge in [0.2, 0.25) is 0 Å². The van der Waals surface area contributed by atoms with Crippen LogP contribution in [0.15, 0.2) is 5.16 Å². The Labute approximate surface area is 171 Å². The summed E-state index contributed by atoms with van der Waals surface area (Å²) >= 11 is 3.53. The minimum Gasteiger partial charge on any atom is -0.370 e. The highest BCUT2D eigenvalue weighted by Gasteiger charge is 2.31. The van der Waals surface area contributed by atoms with Gasteiger partial charge in [0.15, 0.2) is 5.16 Å². The Morgan fingerprint density at radius 2 is 2.00 bits per heavy atom. The fraction of sp³-hybridized carbons (Fsp3) is 0.700.